The predicted molar refractivity (Wildman–Crippen MR) is 66.4 cm³/mol. The summed E-state index contributed by atoms with van der Waals surface area (Å²) in [6.07, 6.45) is 1.98. The van der Waals surface area contributed by atoms with E-state index in [9.17, 15) is 0 Å². The molecule has 2 atom stereocenters. The molecule has 4 nitrogen and oxygen atoms in total. The van der Waals surface area contributed by atoms with Crippen LogP contribution in [0, 0.1) is 0 Å². The van der Waals surface area contributed by atoms with E-state index in [0.717, 1.165) is 11.3 Å². The van der Waals surface area contributed by atoms with E-state index in [-0.39, 0.29) is 12.4 Å². The molecule has 0 saturated carbocycles. The first-order valence-corrected chi connectivity index (χ1v) is 5.54. The summed E-state index contributed by atoms with van der Waals surface area (Å²) in [4.78, 5) is 0. The van der Waals surface area contributed by atoms with E-state index in [0.29, 0.717) is 13.0 Å². The Kier molecular flexibility index (Phi) is 3.90. The number of nitrogens with zero attached hydrogens (tertiary/aromatic N) is 1. The van der Waals surface area contributed by atoms with Gasteiger partial charge in [0.2, 0.25) is 0 Å². The van der Waals surface area contributed by atoms with Crippen LogP contribution in [-0.4, -0.2) is 18.4 Å². The molecule has 90 valence electrons. The number of hydrogen-bond acceptors (Lipinski definition) is 4. The van der Waals surface area contributed by atoms with E-state index >= 15 is 0 Å². The van der Waals surface area contributed by atoms with E-state index in [1.54, 1.807) is 6.08 Å². The van der Waals surface area contributed by atoms with Crippen molar-refractivity contribution >= 4 is 5.71 Å². The molecule has 1 aliphatic rings. The van der Waals surface area contributed by atoms with Crippen LogP contribution in [0.1, 0.15) is 18.3 Å². The lowest BCUT2D eigenvalue weighted by Gasteiger charge is -2.30. The average molecular weight is 232 g/mol. The standard InChI is InChI=1S/C13H16N2O2/c1-2-6-12-11(15-14)9-16-13(17-12)10-7-4-3-5-8-10/h2-5,7-8,12-13H,1,6,9,14H2/b15-11-/t12-,13-/m0/s1. The van der Waals surface area contributed by atoms with Gasteiger partial charge in [0.15, 0.2) is 6.29 Å². The molecule has 1 saturated heterocycles. The molecule has 1 fully saturated rings. The Morgan fingerprint density at radius 3 is 2.82 bits per heavy atom. The van der Waals surface area contributed by atoms with Crippen molar-refractivity contribution in [3.8, 4) is 0 Å². The number of benzene rings is 1. The summed E-state index contributed by atoms with van der Waals surface area (Å²) in [6.45, 7) is 4.10. The molecule has 1 aromatic rings. The number of rotatable bonds is 3. The lowest BCUT2D eigenvalue weighted by molar-refractivity contribution is -0.170. The predicted octanol–water partition coefficient (Wildman–Crippen LogP) is 1.99. The summed E-state index contributed by atoms with van der Waals surface area (Å²) in [5, 5.41) is 3.69. The van der Waals surface area contributed by atoms with Gasteiger partial charge >= 0.3 is 0 Å². The van der Waals surface area contributed by atoms with Crippen molar-refractivity contribution in [3.63, 3.8) is 0 Å². The number of nitrogens with two attached hydrogens (primary N) is 1. The van der Waals surface area contributed by atoms with Gasteiger partial charge in [0.25, 0.3) is 0 Å². The molecule has 0 amide bonds. The average Bonchev–Trinajstić information content (AvgIpc) is 2.40. The fourth-order valence-electron chi connectivity index (χ4n) is 1.77. The van der Waals surface area contributed by atoms with Crippen molar-refractivity contribution < 1.29 is 9.47 Å². The Labute approximate surface area is 101 Å². The molecule has 2 rings (SSSR count). The summed E-state index contributed by atoms with van der Waals surface area (Å²) < 4.78 is 11.4. The first kappa shape index (κ1) is 11.8. The zero-order valence-corrected chi connectivity index (χ0v) is 9.58. The van der Waals surface area contributed by atoms with Gasteiger partial charge in [-0.25, -0.2) is 0 Å². The highest BCUT2D eigenvalue weighted by Gasteiger charge is 2.28. The summed E-state index contributed by atoms with van der Waals surface area (Å²) in [5.41, 5.74) is 1.72. The zero-order chi connectivity index (χ0) is 12.1. The van der Waals surface area contributed by atoms with Crippen molar-refractivity contribution in [1.29, 1.82) is 0 Å². The van der Waals surface area contributed by atoms with E-state index in [1.807, 2.05) is 30.3 Å². The Bertz CT molecular complexity index is 403. The molecule has 1 heterocycles. The third-order valence-electron chi connectivity index (χ3n) is 2.66. The van der Waals surface area contributed by atoms with Crippen LogP contribution < -0.4 is 5.84 Å². The van der Waals surface area contributed by atoms with Gasteiger partial charge in [-0.15, -0.1) is 6.58 Å². The van der Waals surface area contributed by atoms with Crippen LogP contribution in [0.25, 0.3) is 0 Å². The van der Waals surface area contributed by atoms with Crippen molar-refractivity contribution in [2.75, 3.05) is 6.61 Å². The van der Waals surface area contributed by atoms with Gasteiger partial charge in [0.05, 0.1) is 12.3 Å². The minimum atomic E-state index is -0.355. The lowest BCUT2D eigenvalue weighted by Crippen LogP contribution is -2.37. The van der Waals surface area contributed by atoms with E-state index in [2.05, 4.69) is 11.7 Å². The Morgan fingerprint density at radius 1 is 1.41 bits per heavy atom. The Morgan fingerprint density at radius 2 is 2.18 bits per heavy atom. The summed E-state index contributed by atoms with van der Waals surface area (Å²) in [7, 11) is 0. The van der Waals surface area contributed by atoms with Gasteiger partial charge in [0.1, 0.15) is 6.10 Å². The van der Waals surface area contributed by atoms with Crippen molar-refractivity contribution in [2.45, 2.75) is 18.8 Å². The highest BCUT2D eigenvalue weighted by Crippen LogP contribution is 2.26. The molecule has 0 aromatic heterocycles. The molecule has 0 bridgehead atoms. The maximum Gasteiger partial charge on any atom is 0.185 e. The summed E-state index contributed by atoms with van der Waals surface area (Å²) in [5.74, 6) is 5.30. The largest absolute Gasteiger partial charge is 0.342 e. The van der Waals surface area contributed by atoms with Crippen LogP contribution >= 0.6 is 0 Å². The van der Waals surface area contributed by atoms with Crippen LogP contribution in [0.3, 0.4) is 0 Å². The smallest absolute Gasteiger partial charge is 0.185 e. The zero-order valence-electron chi connectivity index (χ0n) is 9.58. The van der Waals surface area contributed by atoms with E-state index in [4.69, 9.17) is 15.3 Å². The lowest BCUT2D eigenvalue weighted by atomic mass is 10.1. The highest BCUT2D eigenvalue weighted by molar-refractivity contribution is 5.90. The van der Waals surface area contributed by atoms with E-state index in [1.165, 1.54) is 0 Å². The summed E-state index contributed by atoms with van der Waals surface area (Å²) >= 11 is 0. The Hall–Kier alpha value is -1.65. The van der Waals surface area contributed by atoms with Crippen LogP contribution in [0.2, 0.25) is 0 Å². The minimum absolute atomic E-state index is 0.142. The van der Waals surface area contributed by atoms with Gasteiger partial charge in [-0.2, -0.15) is 5.10 Å². The van der Waals surface area contributed by atoms with Gasteiger partial charge < -0.3 is 15.3 Å². The molecule has 1 aliphatic heterocycles. The highest BCUT2D eigenvalue weighted by atomic mass is 16.7. The molecule has 0 radical (unpaired) electrons. The molecule has 4 heteroatoms. The Balaban J connectivity index is 2.11. The summed E-state index contributed by atoms with van der Waals surface area (Å²) in [6, 6.07) is 9.81. The monoisotopic (exact) mass is 232 g/mol. The molecule has 0 unspecified atom stereocenters. The number of ether oxygens (including phenoxy) is 2. The van der Waals surface area contributed by atoms with Crippen LogP contribution in [0.4, 0.5) is 0 Å². The second-order valence-corrected chi connectivity index (χ2v) is 3.82. The first-order valence-electron chi connectivity index (χ1n) is 5.54. The second-order valence-electron chi connectivity index (χ2n) is 3.82. The van der Waals surface area contributed by atoms with Gasteiger partial charge in [0, 0.05) is 5.56 Å². The second kappa shape index (κ2) is 5.61. The fraction of sp³-hybridized carbons (Fsp3) is 0.308. The molecular weight excluding hydrogens is 216 g/mol. The molecule has 0 aliphatic carbocycles. The maximum absolute atomic E-state index is 5.81. The van der Waals surface area contributed by atoms with Crippen LogP contribution in [0.5, 0.6) is 0 Å². The number of hydrazone groups is 1. The minimum Gasteiger partial charge on any atom is -0.342 e. The SMILES string of the molecule is C=CC[C@@H]1O[C@@H](c2ccccc2)OC/C1=N/N. The fourth-order valence-corrected chi connectivity index (χ4v) is 1.77. The normalized spacial score (nSPS) is 26.9. The third kappa shape index (κ3) is 2.72. The first-order chi connectivity index (χ1) is 8.35. The number of hydrogen-bond donors (Lipinski definition) is 1. The molecule has 1 aromatic carbocycles. The van der Waals surface area contributed by atoms with Crippen LogP contribution in [0.15, 0.2) is 48.1 Å². The topological polar surface area (TPSA) is 56.8 Å². The van der Waals surface area contributed by atoms with Gasteiger partial charge in [-0.1, -0.05) is 36.4 Å². The maximum atomic E-state index is 5.81. The van der Waals surface area contributed by atoms with Gasteiger partial charge in [-0.3, -0.25) is 0 Å². The molecule has 0 spiro atoms. The van der Waals surface area contributed by atoms with Gasteiger partial charge in [-0.05, 0) is 6.42 Å². The molecular formula is C13H16N2O2. The molecule has 17 heavy (non-hydrogen) atoms. The molecule has 2 N–H and O–H groups in total. The van der Waals surface area contributed by atoms with Crippen molar-refractivity contribution in [2.24, 2.45) is 10.9 Å². The third-order valence-corrected chi connectivity index (χ3v) is 2.66. The van der Waals surface area contributed by atoms with Crippen LogP contribution in [-0.2, 0) is 9.47 Å². The van der Waals surface area contributed by atoms with E-state index < -0.39 is 0 Å². The van der Waals surface area contributed by atoms with Crippen molar-refractivity contribution in [3.05, 3.63) is 48.6 Å². The van der Waals surface area contributed by atoms with Crippen molar-refractivity contribution in [1.82, 2.24) is 0 Å². The quantitative estimate of drug-likeness (QED) is 0.492.